The summed E-state index contributed by atoms with van der Waals surface area (Å²) in [6, 6.07) is 7.02. The molecule has 1 aliphatic heterocycles. The second kappa shape index (κ2) is 15.5. The number of benzene rings is 1. The summed E-state index contributed by atoms with van der Waals surface area (Å²) in [4.78, 5) is 12.7. The Balaban J connectivity index is 1.36. The Morgan fingerprint density at radius 2 is 1.57 bits per heavy atom. The summed E-state index contributed by atoms with van der Waals surface area (Å²) in [6.45, 7) is 6.46. The Labute approximate surface area is 211 Å². The Kier molecular flexibility index (Phi) is 12.3. The van der Waals surface area contributed by atoms with Crippen LogP contribution in [-0.4, -0.2) is 38.3 Å². The van der Waals surface area contributed by atoms with E-state index in [9.17, 15) is 9.18 Å². The van der Waals surface area contributed by atoms with Crippen LogP contribution in [0.3, 0.4) is 0 Å². The van der Waals surface area contributed by atoms with Gasteiger partial charge in [0.1, 0.15) is 17.7 Å². The average molecular weight is 493 g/mol. The Hall–Kier alpha value is -1.66. The van der Waals surface area contributed by atoms with Gasteiger partial charge in [-0.15, -0.1) is 0 Å². The molecule has 2 aliphatic rings. The van der Waals surface area contributed by atoms with Crippen molar-refractivity contribution in [3.05, 3.63) is 24.3 Å². The summed E-state index contributed by atoms with van der Waals surface area (Å²) in [5, 5.41) is 0. The highest BCUT2D eigenvalue weighted by atomic mass is 19.1. The molecule has 3 rings (SSSR count). The van der Waals surface area contributed by atoms with E-state index in [-0.39, 0.29) is 18.6 Å². The SMILES string of the molecule is CCCCCCCOc1ccc(OC(=O)C2CCC(C3OCC(CCCCC)CO3)CC2F)cc1. The molecular weight excluding hydrogens is 447 g/mol. The topological polar surface area (TPSA) is 54.0 Å². The molecule has 1 saturated heterocycles. The van der Waals surface area contributed by atoms with E-state index in [4.69, 9.17) is 18.9 Å². The third kappa shape index (κ3) is 9.38. The van der Waals surface area contributed by atoms with Gasteiger partial charge in [0.2, 0.25) is 0 Å². The van der Waals surface area contributed by atoms with Gasteiger partial charge in [-0.05, 0) is 56.4 Å². The largest absolute Gasteiger partial charge is 0.494 e. The molecule has 6 heteroatoms. The van der Waals surface area contributed by atoms with Gasteiger partial charge in [-0.25, -0.2) is 4.39 Å². The zero-order valence-electron chi connectivity index (χ0n) is 21.7. The van der Waals surface area contributed by atoms with Gasteiger partial charge in [0, 0.05) is 11.8 Å². The van der Waals surface area contributed by atoms with Gasteiger partial charge in [-0.2, -0.15) is 0 Å². The quantitative estimate of drug-likeness (QED) is 0.155. The van der Waals surface area contributed by atoms with E-state index >= 15 is 0 Å². The third-order valence-corrected chi connectivity index (χ3v) is 7.27. The van der Waals surface area contributed by atoms with Crippen molar-refractivity contribution in [2.24, 2.45) is 17.8 Å². The summed E-state index contributed by atoms with van der Waals surface area (Å²) in [6.07, 6.45) is 10.6. The molecule has 198 valence electrons. The normalized spacial score (nSPS) is 26.9. The first kappa shape index (κ1) is 27.9. The number of hydrogen-bond donors (Lipinski definition) is 0. The van der Waals surface area contributed by atoms with E-state index < -0.39 is 18.1 Å². The smallest absolute Gasteiger partial charge is 0.317 e. The van der Waals surface area contributed by atoms with E-state index in [1.165, 1.54) is 44.9 Å². The van der Waals surface area contributed by atoms with E-state index in [1.54, 1.807) is 24.3 Å². The van der Waals surface area contributed by atoms with E-state index in [2.05, 4.69) is 13.8 Å². The van der Waals surface area contributed by atoms with Crippen molar-refractivity contribution < 1.29 is 28.1 Å². The Bertz CT molecular complexity index is 716. The van der Waals surface area contributed by atoms with Crippen molar-refractivity contribution in [3.8, 4) is 11.5 Å². The molecule has 35 heavy (non-hydrogen) atoms. The van der Waals surface area contributed by atoms with Crippen LogP contribution in [0.2, 0.25) is 0 Å². The first-order chi connectivity index (χ1) is 17.1. The van der Waals surface area contributed by atoms with E-state index in [0.29, 0.717) is 44.3 Å². The lowest BCUT2D eigenvalue weighted by Crippen LogP contribution is -2.42. The minimum absolute atomic E-state index is 0.0101. The average Bonchev–Trinajstić information content (AvgIpc) is 2.87. The molecule has 1 heterocycles. The van der Waals surface area contributed by atoms with E-state index in [0.717, 1.165) is 18.6 Å². The number of halogens is 1. The molecule has 5 nitrogen and oxygen atoms in total. The summed E-state index contributed by atoms with van der Waals surface area (Å²) in [7, 11) is 0. The van der Waals surface area contributed by atoms with Crippen LogP contribution in [-0.2, 0) is 14.3 Å². The van der Waals surface area contributed by atoms with Crippen molar-refractivity contribution in [1.82, 2.24) is 0 Å². The minimum Gasteiger partial charge on any atom is -0.494 e. The number of ether oxygens (including phenoxy) is 4. The molecule has 0 radical (unpaired) electrons. The van der Waals surface area contributed by atoms with Crippen molar-refractivity contribution in [2.45, 2.75) is 103 Å². The molecule has 0 aromatic heterocycles. The molecule has 3 unspecified atom stereocenters. The number of carbonyl (C=O) groups excluding carboxylic acids is 1. The molecule has 0 spiro atoms. The number of hydrogen-bond acceptors (Lipinski definition) is 5. The fraction of sp³-hybridized carbons (Fsp3) is 0.759. The Morgan fingerprint density at radius 1 is 0.914 bits per heavy atom. The first-order valence-corrected chi connectivity index (χ1v) is 13.9. The van der Waals surface area contributed by atoms with Crippen LogP contribution < -0.4 is 9.47 Å². The molecule has 0 amide bonds. The zero-order chi connectivity index (χ0) is 24.9. The lowest BCUT2D eigenvalue weighted by Gasteiger charge is -2.38. The molecule has 1 aromatic carbocycles. The van der Waals surface area contributed by atoms with Crippen molar-refractivity contribution in [2.75, 3.05) is 19.8 Å². The monoisotopic (exact) mass is 492 g/mol. The molecule has 2 fully saturated rings. The third-order valence-electron chi connectivity index (χ3n) is 7.27. The van der Waals surface area contributed by atoms with Crippen LogP contribution in [0.25, 0.3) is 0 Å². The van der Waals surface area contributed by atoms with E-state index in [1.807, 2.05) is 0 Å². The lowest BCUT2D eigenvalue weighted by molar-refractivity contribution is -0.233. The summed E-state index contributed by atoms with van der Waals surface area (Å²) < 4.78 is 38.1. The van der Waals surface area contributed by atoms with Crippen molar-refractivity contribution in [1.29, 1.82) is 0 Å². The predicted molar refractivity (Wildman–Crippen MR) is 135 cm³/mol. The molecule has 1 aliphatic carbocycles. The summed E-state index contributed by atoms with van der Waals surface area (Å²) in [5.41, 5.74) is 0. The van der Waals surface area contributed by atoms with Gasteiger partial charge in [0.05, 0.1) is 25.7 Å². The van der Waals surface area contributed by atoms with Crippen LogP contribution in [0, 0.1) is 17.8 Å². The van der Waals surface area contributed by atoms with Crippen LogP contribution in [0.1, 0.15) is 90.9 Å². The number of alkyl halides is 1. The second-order valence-electron chi connectivity index (χ2n) is 10.2. The molecule has 0 N–H and O–H groups in total. The van der Waals surface area contributed by atoms with Gasteiger partial charge in [-0.1, -0.05) is 58.8 Å². The van der Waals surface area contributed by atoms with Crippen LogP contribution >= 0.6 is 0 Å². The first-order valence-electron chi connectivity index (χ1n) is 13.9. The van der Waals surface area contributed by atoms with Crippen molar-refractivity contribution in [3.63, 3.8) is 0 Å². The highest BCUT2D eigenvalue weighted by Gasteiger charge is 2.41. The van der Waals surface area contributed by atoms with Crippen LogP contribution in [0.5, 0.6) is 11.5 Å². The van der Waals surface area contributed by atoms with Crippen LogP contribution in [0.15, 0.2) is 24.3 Å². The van der Waals surface area contributed by atoms with Gasteiger partial charge in [0.15, 0.2) is 6.29 Å². The highest BCUT2D eigenvalue weighted by molar-refractivity contribution is 5.76. The molecule has 0 bridgehead atoms. The fourth-order valence-electron chi connectivity index (χ4n) is 5.03. The maximum atomic E-state index is 15.0. The van der Waals surface area contributed by atoms with Crippen LogP contribution in [0.4, 0.5) is 4.39 Å². The van der Waals surface area contributed by atoms with Gasteiger partial charge in [0.25, 0.3) is 0 Å². The molecular formula is C29H45FO5. The second-order valence-corrected chi connectivity index (χ2v) is 10.2. The van der Waals surface area contributed by atoms with Gasteiger partial charge >= 0.3 is 5.97 Å². The number of unbranched alkanes of at least 4 members (excludes halogenated alkanes) is 6. The highest BCUT2D eigenvalue weighted by Crippen LogP contribution is 2.37. The molecule has 1 aromatic rings. The van der Waals surface area contributed by atoms with Gasteiger partial charge < -0.3 is 18.9 Å². The minimum atomic E-state index is -1.24. The lowest BCUT2D eigenvalue weighted by atomic mass is 9.80. The number of carbonyl (C=O) groups is 1. The molecule has 3 atom stereocenters. The zero-order valence-corrected chi connectivity index (χ0v) is 21.7. The molecule has 1 saturated carbocycles. The summed E-state index contributed by atoms with van der Waals surface area (Å²) >= 11 is 0. The predicted octanol–water partition coefficient (Wildman–Crippen LogP) is 7.27. The number of esters is 1. The maximum Gasteiger partial charge on any atom is 0.317 e. The number of rotatable bonds is 14. The fourth-order valence-corrected chi connectivity index (χ4v) is 5.03. The summed E-state index contributed by atoms with van der Waals surface area (Å²) in [5.74, 6) is 0.367. The maximum absolute atomic E-state index is 15.0. The van der Waals surface area contributed by atoms with Crippen molar-refractivity contribution >= 4 is 5.97 Å². The van der Waals surface area contributed by atoms with Gasteiger partial charge in [-0.3, -0.25) is 4.79 Å². The standard InChI is InChI=1S/C29H45FO5/c1-3-5-7-8-10-18-32-24-13-15-25(16-14-24)35-28(31)26-17-12-23(19-27(26)30)29-33-20-22(21-34-29)11-9-6-4-2/h13-16,22-23,26-27,29H,3-12,17-21H2,1-2H3. The Morgan fingerprint density at radius 3 is 2.26 bits per heavy atom.